The third-order valence-corrected chi connectivity index (χ3v) is 6.97. The van der Waals surface area contributed by atoms with Crippen molar-refractivity contribution >= 4 is 38.8 Å². The maximum Gasteiger partial charge on any atom is 0.246 e. The molecule has 1 amide bonds. The van der Waals surface area contributed by atoms with Crippen molar-refractivity contribution in [2.24, 2.45) is 0 Å². The average Bonchev–Trinajstić information content (AvgIpc) is 3.47. The van der Waals surface area contributed by atoms with Crippen LogP contribution in [0.25, 0.3) is 20.9 Å². The minimum atomic E-state index is 0.0286. The van der Waals surface area contributed by atoms with Gasteiger partial charge in [0, 0.05) is 19.0 Å². The van der Waals surface area contributed by atoms with Crippen LogP contribution in [0.3, 0.4) is 0 Å². The first-order valence-electron chi connectivity index (χ1n) is 9.21. The van der Waals surface area contributed by atoms with Crippen molar-refractivity contribution in [2.45, 2.75) is 25.3 Å². The topological polar surface area (TPSA) is 76.8 Å². The number of thiophene rings is 1. The maximum absolute atomic E-state index is 12.8. The van der Waals surface area contributed by atoms with E-state index in [-0.39, 0.29) is 12.5 Å². The van der Waals surface area contributed by atoms with E-state index in [1.54, 1.807) is 22.7 Å². The van der Waals surface area contributed by atoms with Crippen molar-refractivity contribution in [1.29, 1.82) is 0 Å². The number of hydrogen-bond donors (Lipinski definition) is 0. The molecule has 142 valence electrons. The van der Waals surface area contributed by atoms with Gasteiger partial charge in [-0.2, -0.15) is 4.80 Å². The number of thiazole rings is 1. The lowest BCUT2D eigenvalue weighted by atomic mass is 9.98. The number of para-hydroxylation sites is 1. The smallest absolute Gasteiger partial charge is 0.246 e. The van der Waals surface area contributed by atoms with Gasteiger partial charge in [-0.25, -0.2) is 4.98 Å². The molecular formula is C19H18N6OS2. The number of aromatic nitrogens is 5. The molecule has 9 heteroatoms. The lowest BCUT2D eigenvalue weighted by Crippen LogP contribution is -2.41. The highest BCUT2D eigenvalue weighted by molar-refractivity contribution is 7.18. The molecule has 1 aliphatic heterocycles. The van der Waals surface area contributed by atoms with E-state index in [0.717, 1.165) is 34.8 Å². The van der Waals surface area contributed by atoms with E-state index in [2.05, 4.69) is 21.5 Å². The first-order valence-corrected chi connectivity index (χ1v) is 10.9. The summed E-state index contributed by atoms with van der Waals surface area (Å²) in [6.07, 6.45) is 2.05. The van der Waals surface area contributed by atoms with Gasteiger partial charge in [0.05, 0.1) is 20.1 Å². The summed E-state index contributed by atoms with van der Waals surface area (Å²) in [7, 11) is 0. The van der Waals surface area contributed by atoms with Crippen LogP contribution in [0.4, 0.5) is 0 Å². The number of carbonyl (C=O) groups is 1. The van der Waals surface area contributed by atoms with Gasteiger partial charge in [-0.3, -0.25) is 4.79 Å². The summed E-state index contributed by atoms with van der Waals surface area (Å²) in [6, 6.07) is 12.1. The fourth-order valence-corrected chi connectivity index (χ4v) is 5.25. The highest BCUT2D eigenvalue weighted by atomic mass is 32.1. The summed E-state index contributed by atoms with van der Waals surface area (Å²) in [5.41, 5.74) is 1.04. The number of nitrogens with zero attached hydrogens (tertiary/aromatic N) is 6. The number of amides is 1. The predicted octanol–water partition coefficient (Wildman–Crippen LogP) is 3.42. The van der Waals surface area contributed by atoms with Crippen molar-refractivity contribution in [1.82, 2.24) is 30.1 Å². The van der Waals surface area contributed by atoms with Gasteiger partial charge in [-0.05, 0) is 41.6 Å². The van der Waals surface area contributed by atoms with Crippen LogP contribution in [0.2, 0.25) is 0 Å². The summed E-state index contributed by atoms with van der Waals surface area (Å²) < 4.78 is 1.20. The van der Waals surface area contributed by atoms with Crippen LogP contribution >= 0.6 is 22.7 Å². The Morgan fingerprint density at radius 2 is 2.14 bits per heavy atom. The second-order valence-corrected chi connectivity index (χ2v) is 8.83. The van der Waals surface area contributed by atoms with Crippen LogP contribution in [-0.2, 0) is 11.3 Å². The molecule has 0 saturated carbocycles. The Kier molecular flexibility index (Phi) is 4.61. The molecule has 1 saturated heterocycles. The van der Waals surface area contributed by atoms with Crippen LogP contribution in [0.15, 0.2) is 41.8 Å². The van der Waals surface area contributed by atoms with E-state index in [1.165, 1.54) is 9.50 Å². The predicted molar refractivity (Wildman–Crippen MR) is 109 cm³/mol. The summed E-state index contributed by atoms with van der Waals surface area (Å²) in [6.45, 7) is 1.59. The molecule has 7 nitrogen and oxygen atoms in total. The molecule has 3 aromatic heterocycles. The molecule has 4 aromatic rings. The Bertz CT molecular complexity index is 1070. The Balaban J connectivity index is 1.27. The van der Waals surface area contributed by atoms with Crippen molar-refractivity contribution in [2.75, 3.05) is 13.1 Å². The quantitative estimate of drug-likeness (QED) is 0.515. The number of carbonyl (C=O) groups excluding carboxylic acids is 1. The van der Waals surface area contributed by atoms with E-state index >= 15 is 0 Å². The number of benzene rings is 1. The third-order valence-electron chi connectivity index (χ3n) is 4.90. The second-order valence-electron chi connectivity index (χ2n) is 6.82. The zero-order chi connectivity index (χ0) is 18.9. The largest absolute Gasteiger partial charge is 0.340 e. The summed E-state index contributed by atoms with van der Waals surface area (Å²) in [5, 5.41) is 15.5. The number of likely N-dealkylation sites (tertiary alicyclic amines) is 1. The Morgan fingerprint density at radius 3 is 3.00 bits per heavy atom. The molecule has 4 heterocycles. The molecule has 1 atom stereocenters. The molecule has 1 aromatic carbocycles. The van der Waals surface area contributed by atoms with E-state index < -0.39 is 0 Å². The molecule has 0 unspecified atom stereocenters. The van der Waals surface area contributed by atoms with E-state index in [1.807, 2.05) is 40.6 Å². The standard InChI is InChI=1S/C19H18N6OS2/c26-17(12-25-22-18(21-23-25)16-8-4-10-27-16)24-9-3-5-13(11-24)19-20-14-6-1-2-7-15(14)28-19/h1-2,4,6-8,10,13H,3,5,9,11-12H2/t13-/m1/s1. The molecular weight excluding hydrogens is 392 g/mol. The highest BCUT2D eigenvalue weighted by Crippen LogP contribution is 2.33. The normalized spacial score (nSPS) is 17.3. The molecule has 1 aliphatic rings. The monoisotopic (exact) mass is 410 g/mol. The van der Waals surface area contributed by atoms with Crippen molar-refractivity contribution in [3.8, 4) is 10.7 Å². The average molecular weight is 411 g/mol. The summed E-state index contributed by atoms with van der Waals surface area (Å²) in [4.78, 5) is 21.8. The molecule has 0 N–H and O–H groups in total. The van der Waals surface area contributed by atoms with Crippen LogP contribution < -0.4 is 0 Å². The summed E-state index contributed by atoms with van der Waals surface area (Å²) in [5.74, 6) is 0.884. The molecule has 28 heavy (non-hydrogen) atoms. The molecule has 0 bridgehead atoms. The molecule has 0 radical (unpaired) electrons. The van der Waals surface area contributed by atoms with Gasteiger partial charge >= 0.3 is 0 Å². The number of tetrazole rings is 1. The van der Waals surface area contributed by atoms with Crippen molar-refractivity contribution in [3.63, 3.8) is 0 Å². The second kappa shape index (κ2) is 7.40. The fourth-order valence-electron chi connectivity index (χ4n) is 3.51. The number of hydrogen-bond acceptors (Lipinski definition) is 7. The number of fused-ring (bicyclic) bond motifs is 1. The Labute approximate surface area is 169 Å². The molecule has 0 aliphatic carbocycles. The SMILES string of the molecule is O=C(Cn1nnc(-c2cccs2)n1)N1CCC[C@@H](c2nc3ccccc3s2)C1. The van der Waals surface area contributed by atoms with E-state index in [9.17, 15) is 4.79 Å². The van der Waals surface area contributed by atoms with Gasteiger partial charge in [0.15, 0.2) is 0 Å². The highest BCUT2D eigenvalue weighted by Gasteiger charge is 2.27. The van der Waals surface area contributed by atoms with E-state index in [0.29, 0.717) is 18.3 Å². The van der Waals surface area contributed by atoms with Crippen LogP contribution in [0.1, 0.15) is 23.8 Å². The van der Waals surface area contributed by atoms with Crippen LogP contribution in [0, 0.1) is 0 Å². The zero-order valence-electron chi connectivity index (χ0n) is 15.1. The zero-order valence-corrected chi connectivity index (χ0v) is 16.7. The molecule has 1 fully saturated rings. The summed E-state index contributed by atoms with van der Waals surface area (Å²) >= 11 is 3.29. The lowest BCUT2D eigenvalue weighted by Gasteiger charge is -2.31. The fraction of sp³-hybridized carbons (Fsp3) is 0.316. The third kappa shape index (κ3) is 3.43. The first-order chi connectivity index (χ1) is 13.8. The van der Waals surface area contributed by atoms with Gasteiger partial charge in [0.1, 0.15) is 6.54 Å². The van der Waals surface area contributed by atoms with E-state index in [4.69, 9.17) is 4.98 Å². The Hall–Kier alpha value is -2.65. The lowest BCUT2D eigenvalue weighted by molar-refractivity contribution is -0.133. The van der Waals surface area contributed by atoms with Crippen molar-refractivity contribution < 1.29 is 4.79 Å². The maximum atomic E-state index is 12.8. The molecule has 5 rings (SSSR count). The minimum Gasteiger partial charge on any atom is -0.340 e. The minimum absolute atomic E-state index is 0.0286. The number of piperidine rings is 1. The van der Waals surface area contributed by atoms with Gasteiger partial charge in [0.25, 0.3) is 0 Å². The number of rotatable bonds is 4. The van der Waals surface area contributed by atoms with Gasteiger partial charge < -0.3 is 4.90 Å². The molecule has 0 spiro atoms. The van der Waals surface area contributed by atoms with Gasteiger partial charge in [-0.15, -0.1) is 32.9 Å². The Morgan fingerprint density at radius 1 is 1.21 bits per heavy atom. The van der Waals surface area contributed by atoms with Crippen molar-refractivity contribution in [3.05, 3.63) is 46.8 Å². The first kappa shape index (κ1) is 17.4. The van der Waals surface area contributed by atoms with Gasteiger partial charge in [0.2, 0.25) is 11.7 Å². The van der Waals surface area contributed by atoms with Crippen LogP contribution in [-0.4, -0.2) is 49.1 Å². The van der Waals surface area contributed by atoms with Gasteiger partial charge in [-0.1, -0.05) is 18.2 Å². The van der Waals surface area contributed by atoms with Crippen LogP contribution in [0.5, 0.6) is 0 Å².